The van der Waals surface area contributed by atoms with Gasteiger partial charge < -0.3 is 35.0 Å². The van der Waals surface area contributed by atoms with Crippen LogP contribution in [0.4, 0.5) is 0 Å². The van der Waals surface area contributed by atoms with Gasteiger partial charge in [-0.25, -0.2) is 0 Å². The molecular formula is C16H20Cl2O2Zr. The van der Waals surface area contributed by atoms with Crippen LogP contribution in [0.1, 0.15) is 22.3 Å². The van der Waals surface area contributed by atoms with Crippen molar-refractivity contribution in [1.29, 1.82) is 0 Å². The van der Waals surface area contributed by atoms with Gasteiger partial charge in [0, 0.05) is 0 Å². The zero-order valence-electron chi connectivity index (χ0n) is 12.6. The Kier molecular flexibility index (Phi) is 14.7. The summed E-state index contributed by atoms with van der Waals surface area (Å²) in [7, 11) is 0. The molecule has 0 aliphatic rings. The van der Waals surface area contributed by atoms with Gasteiger partial charge in [-0.05, 0) is 62.1 Å². The second kappa shape index (κ2) is 12.1. The van der Waals surface area contributed by atoms with E-state index in [1.54, 1.807) is 12.1 Å². The van der Waals surface area contributed by atoms with Crippen molar-refractivity contribution in [3.63, 3.8) is 0 Å². The predicted octanol–water partition coefficient (Wildman–Crippen LogP) is -1.98. The standard InChI is InChI=1S/2C8H10O.2ClH.Zr/c2*1-6-4-3-5-8(9)7(6)2;;;/h2*3-5,9H,1-2H3;2*1H;/q;;;;+2/p-2. The molecule has 0 saturated heterocycles. The van der Waals surface area contributed by atoms with Gasteiger partial charge in [-0.15, -0.1) is 0 Å². The van der Waals surface area contributed by atoms with E-state index in [0.717, 1.165) is 22.3 Å². The van der Waals surface area contributed by atoms with E-state index >= 15 is 0 Å². The number of phenols is 2. The summed E-state index contributed by atoms with van der Waals surface area (Å²) in [5, 5.41) is 18.2. The van der Waals surface area contributed by atoms with E-state index in [2.05, 4.69) is 0 Å². The third-order valence-corrected chi connectivity index (χ3v) is 3.15. The van der Waals surface area contributed by atoms with E-state index in [-0.39, 0.29) is 51.0 Å². The van der Waals surface area contributed by atoms with Crippen LogP contribution in [-0.4, -0.2) is 10.2 Å². The summed E-state index contributed by atoms with van der Waals surface area (Å²) in [6.45, 7) is 7.78. The summed E-state index contributed by atoms with van der Waals surface area (Å²) in [5.74, 6) is 0.769. The van der Waals surface area contributed by atoms with Gasteiger partial charge >= 0.3 is 26.2 Å². The number of phenolic OH excluding ortho intramolecular Hbond substituents is 2. The number of hydrogen-bond acceptors (Lipinski definition) is 2. The first-order valence-corrected chi connectivity index (χ1v) is 5.94. The Morgan fingerprint density at radius 1 is 0.619 bits per heavy atom. The van der Waals surface area contributed by atoms with Crippen molar-refractivity contribution in [3.8, 4) is 11.5 Å². The second-order valence-electron chi connectivity index (χ2n) is 4.44. The summed E-state index contributed by atoms with van der Waals surface area (Å²) in [4.78, 5) is 0. The van der Waals surface area contributed by atoms with Gasteiger partial charge in [0.05, 0.1) is 0 Å². The average Bonchev–Trinajstić information content (AvgIpc) is 2.34. The molecule has 0 fully saturated rings. The molecule has 2 aromatic rings. The number of rotatable bonds is 0. The Morgan fingerprint density at radius 3 is 1.10 bits per heavy atom. The zero-order chi connectivity index (χ0) is 13.7. The van der Waals surface area contributed by atoms with Gasteiger partial charge in [-0.2, -0.15) is 0 Å². The quantitative estimate of drug-likeness (QED) is 0.533. The molecule has 114 valence electrons. The van der Waals surface area contributed by atoms with Crippen LogP contribution in [0, 0.1) is 27.7 Å². The van der Waals surface area contributed by atoms with Crippen LogP contribution in [-0.2, 0) is 26.2 Å². The molecule has 0 amide bonds. The first kappa shape index (κ1) is 25.5. The minimum Gasteiger partial charge on any atom is -1.00 e. The van der Waals surface area contributed by atoms with Gasteiger partial charge in [0.1, 0.15) is 11.5 Å². The SMILES string of the molecule is Cc1cccc(O)c1C.Cc1cccc(O)c1C.[Cl-].[Cl-].[Zr+2]. The fourth-order valence-corrected chi connectivity index (χ4v) is 1.47. The molecule has 2 rings (SSSR count). The van der Waals surface area contributed by atoms with E-state index < -0.39 is 0 Å². The van der Waals surface area contributed by atoms with Crippen molar-refractivity contribution in [2.24, 2.45) is 0 Å². The molecule has 2 aromatic carbocycles. The fraction of sp³-hybridized carbons (Fsp3) is 0.250. The maximum Gasteiger partial charge on any atom is 2.00 e. The zero-order valence-corrected chi connectivity index (χ0v) is 16.6. The number of aromatic hydroxyl groups is 2. The molecule has 21 heavy (non-hydrogen) atoms. The van der Waals surface area contributed by atoms with Crippen molar-refractivity contribution in [2.45, 2.75) is 27.7 Å². The maximum absolute atomic E-state index is 9.10. The van der Waals surface area contributed by atoms with Crippen molar-refractivity contribution in [1.82, 2.24) is 0 Å². The average molecular weight is 406 g/mol. The minimum atomic E-state index is 0. The molecule has 0 aromatic heterocycles. The molecule has 0 aliphatic heterocycles. The summed E-state index contributed by atoms with van der Waals surface area (Å²) in [6.07, 6.45) is 0. The van der Waals surface area contributed by atoms with Crippen LogP contribution >= 0.6 is 0 Å². The fourth-order valence-electron chi connectivity index (χ4n) is 1.47. The molecule has 0 heterocycles. The molecule has 0 atom stereocenters. The number of aryl methyl sites for hydroxylation is 2. The van der Waals surface area contributed by atoms with Crippen molar-refractivity contribution < 1.29 is 61.2 Å². The number of benzene rings is 2. The van der Waals surface area contributed by atoms with Gasteiger partial charge in [-0.1, -0.05) is 24.3 Å². The Balaban J connectivity index is -0.000000270. The van der Waals surface area contributed by atoms with Gasteiger partial charge in [-0.3, -0.25) is 0 Å². The van der Waals surface area contributed by atoms with Crippen LogP contribution in [0.3, 0.4) is 0 Å². The van der Waals surface area contributed by atoms with Gasteiger partial charge in [0.2, 0.25) is 0 Å². The van der Waals surface area contributed by atoms with E-state index in [1.165, 1.54) is 0 Å². The van der Waals surface area contributed by atoms with Crippen molar-refractivity contribution in [2.75, 3.05) is 0 Å². The Bertz CT molecular complexity index is 456. The Labute approximate surface area is 158 Å². The van der Waals surface area contributed by atoms with E-state index in [9.17, 15) is 0 Å². The monoisotopic (exact) mass is 404 g/mol. The molecule has 2 N–H and O–H groups in total. The van der Waals surface area contributed by atoms with Crippen molar-refractivity contribution >= 4 is 0 Å². The number of halogens is 2. The molecule has 0 aliphatic carbocycles. The molecule has 0 radical (unpaired) electrons. The van der Waals surface area contributed by atoms with E-state index in [1.807, 2.05) is 52.0 Å². The van der Waals surface area contributed by atoms with Crippen molar-refractivity contribution in [3.05, 3.63) is 58.7 Å². The van der Waals surface area contributed by atoms with Crippen LogP contribution in [0.25, 0.3) is 0 Å². The summed E-state index contributed by atoms with van der Waals surface area (Å²) in [6, 6.07) is 11.0. The Morgan fingerprint density at radius 2 is 0.905 bits per heavy atom. The van der Waals surface area contributed by atoms with E-state index in [0.29, 0.717) is 11.5 Å². The van der Waals surface area contributed by atoms with Crippen LogP contribution in [0.5, 0.6) is 11.5 Å². The summed E-state index contributed by atoms with van der Waals surface area (Å²) >= 11 is 0. The van der Waals surface area contributed by atoms with Gasteiger partial charge in [0.25, 0.3) is 0 Å². The third-order valence-electron chi connectivity index (χ3n) is 3.15. The Hall–Kier alpha value is -0.497. The third kappa shape index (κ3) is 7.90. The molecular weight excluding hydrogens is 386 g/mol. The molecule has 0 spiro atoms. The second-order valence-corrected chi connectivity index (χ2v) is 4.44. The molecule has 0 unspecified atom stereocenters. The first-order valence-electron chi connectivity index (χ1n) is 5.94. The van der Waals surface area contributed by atoms with Gasteiger partial charge in [0.15, 0.2) is 0 Å². The normalized spacial score (nSPS) is 8.19. The molecule has 0 bridgehead atoms. The van der Waals surface area contributed by atoms with Crippen LogP contribution in [0.2, 0.25) is 0 Å². The molecule has 2 nitrogen and oxygen atoms in total. The van der Waals surface area contributed by atoms with Crippen LogP contribution in [0.15, 0.2) is 36.4 Å². The topological polar surface area (TPSA) is 40.5 Å². The minimum absolute atomic E-state index is 0. The molecule has 0 saturated carbocycles. The molecule has 5 heteroatoms. The summed E-state index contributed by atoms with van der Waals surface area (Å²) < 4.78 is 0. The van der Waals surface area contributed by atoms with Crippen LogP contribution < -0.4 is 24.8 Å². The maximum atomic E-state index is 9.10. The number of hydrogen-bond donors (Lipinski definition) is 2. The summed E-state index contributed by atoms with van der Waals surface area (Å²) in [5.41, 5.74) is 4.21. The predicted molar refractivity (Wildman–Crippen MR) is 75.2 cm³/mol. The first-order chi connectivity index (χ1) is 8.43. The smallest absolute Gasteiger partial charge is 1.00 e. The van der Waals surface area contributed by atoms with E-state index in [4.69, 9.17) is 10.2 Å². The largest absolute Gasteiger partial charge is 2.00 e.